The zero-order valence-electron chi connectivity index (χ0n) is 7.21. The van der Waals surface area contributed by atoms with Gasteiger partial charge in [0.15, 0.2) is 0 Å². The topological polar surface area (TPSA) is 38.9 Å². The van der Waals surface area contributed by atoms with E-state index in [-0.39, 0.29) is 0 Å². The number of rotatable bonds is 0. The number of fused-ring (bicyclic) bond motifs is 1. The predicted molar refractivity (Wildman–Crippen MR) is 58.6 cm³/mol. The van der Waals surface area contributed by atoms with Crippen molar-refractivity contribution < 1.29 is 0 Å². The van der Waals surface area contributed by atoms with E-state index < -0.39 is 0 Å². The Hall–Kier alpha value is -1.09. The fraction of sp³-hybridized carbons (Fsp3) is 0.100. The highest BCUT2D eigenvalue weighted by atomic mass is 79.9. The average molecular weight is 237 g/mol. The summed E-state index contributed by atoms with van der Waals surface area (Å²) in [6.45, 7) is 2.06. The number of nitrogens with zero attached hydrogens (tertiary/aromatic N) is 1. The second-order valence-electron chi connectivity index (χ2n) is 3.06. The Bertz CT molecular complexity index is 466. The third-order valence-electron chi connectivity index (χ3n) is 2.02. The lowest BCUT2D eigenvalue weighted by Crippen LogP contribution is -1.89. The van der Waals surface area contributed by atoms with Crippen LogP contribution in [-0.2, 0) is 0 Å². The SMILES string of the molecule is Cc1cc2cc(N)ncc2cc1Br. The zero-order valence-corrected chi connectivity index (χ0v) is 8.80. The highest BCUT2D eigenvalue weighted by molar-refractivity contribution is 9.10. The Balaban J connectivity index is 2.81. The molecule has 1 aromatic heterocycles. The summed E-state index contributed by atoms with van der Waals surface area (Å²) < 4.78 is 1.10. The largest absolute Gasteiger partial charge is 0.384 e. The van der Waals surface area contributed by atoms with Crippen LogP contribution in [0.4, 0.5) is 5.82 Å². The van der Waals surface area contributed by atoms with Crippen LogP contribution in [-0.4, -0.2) is 4.98 Å². The third kappa shape index (κ3) is 1.52. The Labute approximate surface area is 84.9 Å². The summed E-state index contributed by atoms with van der Waals surface area (Å²) in [5.41, 5.74) is 6.80. The van der Waals surface area contributed by atoms with Crippen molar-refractivity contribution in [1.29, 1.82) is 0 Å². The van der Waals surface area contributed by atoms with E-state index in [9.17, 15) is 0 Å². The Morgan fingerprint density at radius 3 is 2.77 bits per heavy atom. The monoisotopic (exact) mass is 236 g/mol. The Morgan fingerprint density at radius 2 is 2.00 bits per heavy atom. The number of anilines is 1. The molecule has 2 aromatic rings. The third-order valence-corrected chi connectivity index (χ3v) is 2.87. The predicted octanol–water partition coefficient (Wildman–Crippen LogP) is 2.89. The summed E-state index contributed by atoms with van der Waals surface area (Å²) in [5.74, 6) is 0.564. The van der Waals surface area contributed by atoms with E-state index in [1.807, 2.05) is 6.07 Å². The Kier molecular flexibility index (Phi) is 1.96. The van der Waals surface area contributed by atoms with Crippen molar-refractivity contribution in [1.82, 2.24) is 4.98 Å². The maximum absolute atomic E-state index is 5.59. The molecule has 2 rings (SSSR count). The molecule has 1 aromatic carbocycles. The molecule has 0 unspecified atom stereocenters. The molecule has 1 heterocycles. The second kappa shape index (κ2) is 3.00. The summed E-state index contributed by atoms with van der Waals surface area (Å²) in [7, 11) is 0. The van der Waals surface area contributed by atoms with Crippen molar-refractivity contribution in [3.8, 4) is 0 Å². The van der Waals surface area contributed by atoms with Gasteiger partial charge in [0.25, 0.3) is 0 Å². The Morgan fingerprint density at radius 1 is 1.23 bits per heavy atom. The van der Waals surface area contributed by atoms with Gasteiger partial charge in [-0.2, -0.15) is 0 Å². The van der Waals surface area contributed by atoms with Gasteiger partial charge in [0.2, 0.25) is 0 Å². The van der Waals surface area contributed by atoms with E-state index in [1.54, 1.807) is 6.20 Å². The number of aromatic nitrogens is 1. The fourth-order valence-corrected chi connectivity index (χ4v) is 1.66. The van der Waals surface area contributed by atoms with Crippen LogP contribution in [0.3, 0.4) is 0 Å². The first-order valence-electron chi connectivity index (χ1n) is 3.98. The van der Waals surface area contributed by atoms with Gasteiger partial charge in [-0.15, -0.1) is 0 Å². The minimum Gasteiger partial charge on any atom is -0.384 e. The minimum absolute atomic E-state index is 0.564. The van der Waals surface area contributed by atoms with Crippen LogP contribution in [0.1, 0.15) is 5.56 Å². The summed E-state index contributed by atoms with van der Waals surface area (Å²) in [4.78, 5) is 4.04. The quantitative estimate of drug-likeness (QED) is 0.765. The molecular weight excluding hydrogens is 228 g/mol. The molecule has 2 nitrogen and oxygen atoms in total. The van der Waals surface area contributed by atoms with Gasteiger partial charge in [-0.1, -0.05) is 22.0 Å². The van der Waals surface area contributed by atoms with Gasteiger partial charge in [-0.25, -0.2) is 4.98 Å². The van der Waals surface area contributed by atoms with Crippen LogP contribution in [0.5, 0.6) is 0 Å². The second-order valence-corrected chi connectivity index (χ2v) is 3.91. The highest BCUT2D eigenvalue weighted by Gasteiger charge is 1.99. The molecule has 0 radical (unpaired) electrons. The highest BCUT2D eigenvalue weighted by Crippen LogP contribution is 2.24. The molecule has 0 saturated heterocycles. The lowest BCUT2D eigenvalue weighted by Gasteiger charge is -2.02. The molecule has 13 heavy (non-hydrogen) atoms. The molecular formula is C10H9BrN2. The number of nitrogen functional groups attached to an aromatic ring is 1. The van der Waals surface area contributed by atoms with Gasteiger partial charge >= 0.3 is 0 Å². The smallest absolute Gasteiger partial charge is 0.123 e. The van der Waals surface area contributed by atoms with Gasteiger partial charge < -0.3 is 5.73 Å². The zero-order chi connectivity index (χ0) is 9.42. The summed E-state index contributed by atoms with van der Waals surface area (Å²) in [6.07, 6.45) is 1.79. The van der Waals surface area contributed by atoms with Gasteiger partial charge in [-0.3, -0.25) is 0 Å². The van der Waals surface area contributed by atoms with Crippen molar-refractivity contribution in [2.24, 2.45) is 0 Å². The molecule has 0 saturated carbocycles. The van der Waals surface area contributed by atoms with E-state index in [1.165, 1.54) is 5.56 Å². The van der Waals surface area contributed by atoms with E-state index in [0.717, 1.165) is 15.2 Å². The van der Waals surface area contributed by atoms with Crippen LogP contribution >= 0.6 is 15.9 Å². The van der Waals surface area contributed by atoms with E-state index >= 15 is 0 Å². The molecule has 0 aliphatic carbocycles. The maximum atomic E-state index is 5.59. The van der Waals surface area contributed by atoms with Crippen LogP contribution in [0.15, 0.2) is 28.9 Å². The number of nitrogens with two attached hydrogens (primary N) is 1. The van der Waals surface area contributed by atoms with Crippen molar-refractivity contribution >= 4 is 32.5 Å². The van der Waals surface area contributed by atoms with Crippen molar-refractivity contribution in [3.05, 3.63) is 34.4 Å². The molecule has 0 amide bonds. The van der Waals surface area contributed by atoms with Crippen molar-refractivity contribution in [3.63, 3.8) is 0 Å². The van der Waals surface area contributed by atoms with Gasteiger partial charge in [-0.05, 0) is 30.0 Å². The van der Waals surface area contributed by atoms with Crippen LogP contribution in [0.25, 0.3) is 10.8 Å². The lowest BCUT2D eigenvalue weighted by molar-refractivity contribution is 1.36. The molecule has 0 aliphatic rings. The number of halogens is 1. The summed E-state index contributed by atoms with van der Waals surface area (Å²) >= 11 is 3.48. The molecule has 0 bridgehead atoms. The first kappa shape index (κ1) is 8.51. The number of aryl methyl sites for hydroxylation is 1. The molecule has 3 heteroatoms. The van der Waals surface area contributed by atoms with Crippen molar-refractivity contribution in [2.75, 3.05) is 5.73 Å². The van der Waals surface area contributed by atoms with Crippen LogP contribution in [0, 0.1) is 6.92 Å². The molecule has 0 aliphatic heterocycles. The number of hydrogen-bond donors (Lipinski definition) is 1. The summed E-state index contributed by atoms with van der Waals surface area (Å²) in [6, 6.07) is 6.03. The van der Waals surface area contributed by atoms with Crippen LogP contribution < -0.4 is 5.73 Å². The molecule has 2 N–H and O–H groups in total. The minimum atomic E-state index is 0.564. The molecule has 66 valence electrons. The summed E-state index contributed by atoms with van der Waals surface area (Å²) in [5, 5.41) is 2.24. The van der Waals surface area contributed by atoms with E-state index in [0.29, 0.717) is 5.82 Å². The number of benzene rings is 1. The average Bonchev–Trinajstić information content (AvgIpc) is 2.08. The maximum Gasteiger partial charge on any atom is 0.123 e. The van der Waals surface area contributed by atoms with E-state index in [4.69, 9.17) is 5.73 Å². The molecule has 0 spiro atoms. The van der Waals surface area contributed by atoms with E-state index in [2.05, 4.69) is 40.0 Å². The molecule has 0 atom stereocenters. The fourth-order valence-electron chi connectivity index (χ4n) is 1.30. The van der Waals surface area contributed by atoms with Crippen LogP contribution in [0.2, 0.25) is 0 Å². The first-order valence-corrected chi connectivity index (χ1v) is 4.77. The number of hydrogen-bond acceptors (Lipinski definition) is 2. The first-order chi connectivity index (χ1) is 6.16. The van der Waals surface area contributed by atoms with Gasteiger partial charge in [0.05, 0.1) is 0 Å². The molecule has 0 fully saturated rings. The van der Waals surface area contributed by atoms with Gasteiger partial charge in [0.1, 0.15) is 5.82 Å². The standard InChI is InChI=1S/C10H9BrN2/c1-6-2-7-4-10(12)13-5-8(7)3-9(6)11/h2-5H,1H3,(H2,12,13). The van der Waals surface area contributed by atoms with Gasteiger partial charge in [0, 0.05) is 16.1 Å². The lowest BCUT2D eigenvalue weighted by atomic mass is 10.1. The number of pyridine rings is 1. The van der Waals surface area contributed by atoms with Crippen molar-refractivity contribution in [2.45, 2.75) is 6.92 Å². The normalized spacial score (nSPS) is 10.6.